The number of nitrogens with zero attached hydrogens (tertiary/aromatic N) is 5. The van der Waals surface area contributed by atoms with Crippen molar-refractivity contribution in [2.75, 3.05) is 49.3 Å². The molecule has 1 aliphatic heterocycles. The fourth-order valence-electron chi connectivity index (χ4n) is 4.15. The predicted molar refractivity (Wildman–Crippen MR) is 139 cm³/mol. The molecular weight excluding hydrogens is 484 g/mol. The molecule has 1 atom stereocenters. The summed E-state index contributed by atoms with van der Waals surface area (Å²) < 4.78 is 25.9. The van der Waals surface area contributed by atoms with E-state index >= 15 is 0 Å². The second-order valence-electron chi connectivity index (χ2n) is 8.39. The summed E-state index contributed by atoms with van der Waals surface area (Å²) in [5, 5.41) is 13.3. The van der Waals surface area contributed by atoms with Gasteiger partial charge in [-0.3, -0.25) is 0 Å². The molecule has 0 bridgehead atoms. The fourth-order valence-corrected chi connectivity index (χ4v) is 6.03. The zero-order chi connectivity index (χ0) is 24.4. The Kier molecular flexibility index (Phi) is 6.65. The van der Waals surface area contributed by atoms with Crippen molar-refractivity contribution < 1.29 is 13.5 Å². The smallest absolute Gasteiger partial charge is 0.211 e. The lowest BCUT2D eigenvalue weighted by molar-refractivity contribution is 0.276. The molecule has 11 heteroatoms. The van der Waals surface area contributed by atoms with Crippen LogP contribution in [0.4, 0.5) is 11.6 Å². The van der Waals surface area contributed by atoms with Crippen LogP contribution < -0.4 is 10.2 Å². The molecule has 0 unspecified atom stereocenters. The highest BCUT2D eigenvalue weighted by Crippen LogP contribution is 2.36. The number of pyridine rings is 1. The Labute approximate surface area is 208 Å². The van der Waals surface area contributed by atoms with Gasteiger partial charge in [-0.05, 0) is 23.8 Å². The van der Waals surface area contributed by atoms with Gasteiger partial charge in [0.05, 0.1) is 29.1 Å². The van der Waals surface area contributed by atoms with Gasteiger partial charge in [0.2, 0.25) is 10.0 Å². The molecule has 4 heterocycles. The number of nitrogens with one attached hydrogen (secondary N) is 1. The van der Waals surface area contributed by atoms with Gasteiger partial charge in [0.25, 0.3) is 0 Å². The minimum absolute atomic E-state index is 0.0580. The van der Waals surface area contributed by atoms with Gasteiger partial charge in [0.1, 0.15) is 18.0 Å². The minimum Gasteiger partial charge on any atom is -0.394 e. The van der Waals surface area contributed by atoms with Crippen LogP contribution in [-0.2, 0) is 10.0 Å². The van der Waals surface area contributed by atoms with Gasteiger partial charge in [-0.1, -0.05) is 30.3 Å². The van der Waals surface area contributed by atoms with Crippen LogP contribution in [0.15, 0.2) is 61.1 Å². The third-order valence-corrected chi connectivity index (χ3v) is 8.55. The van der Waals surface area contributed by atoms with Crippen molar-refractivity contribution in [2.24, 2.45) is 0 Å². The molecule has 1 aliphatic rings. The van der Waals surface area contributed by atoms with E-state index in [1.54, 1.807) is 11.3 Å². The van der Waals surface area contributed by atoms with Gasteiger partial charge in [-0.15, -0.1) is 11.3 Å². The Hall–Kier alpha value is -3.12. The van der Waals surface area contributed by atoms with Crippen LogP contribution in [0.1, 0.15) is 11.6 Å². The molecule has 0 spiro atoms. The molecule has 3 aromatic heterocycles. The maximum absolute atomic E-state index is 11.7. The largest absolute Gasteiger partial charge is 0.394 e. The summed E-state index contributed by atoms with van der Waals surface area (Å²) >= 11 is 1.57. The molecular formula is C24H26N6O3S2. The van der Waals surface area contributed by atoms with Crippen molar-refractivity contribution >= 4 is 43.2 Å². The lowest BCUT2D eigenvalue weighted by Gasteiger charge is -2.33. The van der Waals surface area contributed by atoms with Crippen LogP contribution in [0.3, 0.4) is 0 Å². The second-order valence-corrected chi connectivity index (χ2v) is 11.4. The number of sulfonamides is 1. The summed E-state index contributed by atoms with van der Waals surface area (Å²) in [5.41, 5.74) is 2.78. The number of piperazine rings is 1. The number of aromatic nitrogens is 3. The minimum atomic E-state index is -3.16. The van der Waals surface area contributed by atoms with Gasteiger partial charge in [-0.25, -0.2) is 23.4 Å². The van der Waals surface area contributed by atoms with E-state index in [4.69, 9.17) is 0 Å². The van der Waals surface area contributed by atoms with E-state index in [0.717, 1.165) is 32.0 Å². The Morgan fingerprint density at radius 1 is 1.06 bits per heavy atom. The Morgan fingerprint density at radius 2 is 1.83 bits per heavy atom. The number of benzene rings is 1. The summed E-state index contributed by atoms with van der Waals surface area (Å²) in [5.74, 6) is 1.52. The molecule has 0 aliphatic carbocycles. The summed E-state index contributed by atoms with van der Waals surface area (Å²) in [6.07, 6.45) is 4.61. The number of rotatable bonds is 7. The summed E-state index contributed by atoms with van der Waals surface area (Å²) in [4.78, 5) is 16.6. The van der Waals surface area contributed by atoms with Crippen LogP contribution in [0.25, 0.3) is 20.7 Å². The standard InChI is InChI=1S/C24H26N6O3S2/c1-35(32,33)30-11-9-29(10-12-30)22-8-7-18(14-25-22)21-13-19-23(34-21)24(27-16-26-19)28-20(15-31)17-5-3-2-4-6-17/h2-8,13-14,16,20,31H,9-12,15H2,1H3,(H,26,27,28)/t20-/m1/s1. The highest BCUT2D eigenvalue weighted by atomic mass is 32.2. The van der Waals surface area contributed by atoms with Crippen LogP contribution in [-0.4, -0.2) is 71.8 Å². The van der Waals surface area contributed by atoms with Crippen molar-refractivity contribution in [3.05, 3.63) is 66.6 Å². The zero-order valence-corrected chi connectivity index (χ0v) is 20.8. The maximum atomic E-state index is 11.7. The van der Waals surface area contributed by atoms with Gasteiger partial charge >= 0.3 is 0 Å². The highest BCUT2D eigenvalue weighted by molar-refractivity contribution is 7.88. The molecule has 0 saturated carbocycles. The van der Waals surface area contributed by atoms with Gasteiger partial charge < -0.3 is 15.3 Å². The lowest BCUT2D eigenvalue weighted by Crippen LogP contribution is -2.48. The van der Waals surface area contributed by atoms with Crippen LogP contribution in [0, 0.1) is 0 Å². The maximum Gasteiger partial charge on any atom is 0.211 e. The average molecular weight is 511 g/mol. The first-order valence-electron chi connectivity index (χ1n) is 11.3. The van der Waals surface area contributed by atoms with Gasteiger partial charge in [0.15, 0.2) is 0 Å². The third kappa shape index (κ3) is 5.13. The first-order chi connectivity index (χ1) is 16.9. The van der Waals surface area contributed by atoms with Crippen LogP contribution in [0.2, 0.25) is 0 Å². The van der Waals surface area contributed by atoms with Crippen molar-refractivity contribution in [2.45, 2.75) is 6.04 Å². The van der Waals surface area contributed by atoms with Crippen molar-refractivity contribution in [3.63, 3.8) is 0 Å². The molecule has 35 heavy (non-hydrogen) atoms. The molecule has 9 nitrogen and oxygen atoms in total. The Morgan fingerprint density at radius 3 is 2.49 bits per heavy atom. The number of anilines is 2. The molecule has 4 aromatic rings. The summed E-state index contributed by atoms with van der Waals surface area (Å²) in [6.45, 7) is 2.09. The van der Waals surface area contributed by atoms with E-state index in [1.165, 1.54) is 16.9 Å². The third-order valence-electron chi connectivity index (χ3n) is 6.07. The van der Waals surface area contributed by atoms with Crippen LogP contribution in [0.5, 0.6) is 0 Å². The quantitative estimate of drug-likeness (QED) is 0.390. The van der Waals surface area contributed by atoms with Gasteiger partial charge in [-0.2, -0.15) is 4.31 Å². The number of aliphatic hydroxyl groups is 1. The highest BCUT2D eigenvalue weighted by Gasteiger charge is 2.24. The second kappa shape index (κ2) is 9.86. The van der Waals surface area contributed by atoms with Crippen molar-refractivity contribution in [3.8, 4) is 10.4 Å². The van der Waals surface area contributed by atoms with E-state index < -0.39 is 10.0 Å². The van der Waals surface area contributed by atoms with E-state index in [1.807, 2.05) is 54.7 Å². The molecule has 1 fully saturated rings. The monoisotopic (exact) mass is 510 g/mol. The Balaban J connectivity index is 1.34. The molecule has 182 valence electrons. The van der Waals surface area contributed by atoms with Gasteiger partial charge in [0, 0.05) is 42.8 Å². The first kappa shape index (κ1) is 23.6. The zero-order valence-electron chi connectivity index (χ0n) is 19.2. The number of hydrogen-bond acceptors (Lipinski definition) is 9. The molecule has 1 saturated heterocycles. The number of aliphatic hydroxyl groups excluding tert-OH is 1. The fraction of sp³-hybridized carbons (Fsp3) is 0.292. The topological polar surface area (TPSA) is 112 Å². The normalized spacial score (nSPS) is 15.9. The molecule has 0 amide bonds. The number of hydrogen-bond donors (Lipinski definition) is 2. The average Bonchev–Trinajstić information content (AvgIpc) is 3.33. The van der Waals surface area contributed by atoms with E-state index in [2.05, 4.69) is 25.2 Å². The molecule has 5 rings (SSSR count). The predicted octanol–water partition coefficient (Wildman–Crippen LogP) is 2.98. The molecule has 0 radical (unpaired) electrons. The van der Waals surface area contributed by atoms with Crippen molar-refractivity contribution in [1.82, 2.24) is 19.3 Å². The molecule has 2 N–H and O–H groups in total. The molecule has 1 aromatic carbocycles. The van der Waals surface area contributed by atoms with Crippen molar-refractivity contribution in [1.29, 1.82) is 0 Å². The number of thiophene rings is 1. The van der Waals surface area contributed by atoms with E-state index in [9.17, 15) is 13.5 Å². The van der Waals surface area contributed by atoms with Crippen LogP contribution >= 0.6 is 11.3 Å². The summed E-state index contributed by atoms with van der Waals surface area (Å²) in [7, 11) is -3.16. The van der Waals surface area contributed by atoms with E-state index in [0.29, 0.717) is 32.0 Å². The Bertz CT molecular complexity index is 1400. The SMILES string of the molecule is CS(=O)(=O)N1CCN(c2ccc(-c3cc4ncnc(N[C@H](CO)c5ccccc5)c4s3)cn2)CC1. The summed E-state index contributed by atoms with van der Waals surface area (Å²) in [6, 6.07) is 15.5. The lowest BCUT2D eigenvalue weighted by atomic mass is 10.1. The number of fused-ring (bicyclic) bond motifs is 1. The first-order valence-corrected chi connectivity index (χ1v) is 13.9. The van der Waals surface area contributed by atoms with E-state index in [-0.39, 0.29) is 12.6 Å².